The number of nitrogens with zero attached hydrogens (tertiary/aromatic N) is 1. The molecule has 3 rings (SSSR count). The minimum Gasteiger partial charge on any atom is -0.467 e. The lowest BCUT2D eigenvalue weighted by Gasteiger charge is -2.47. The van der Waals surface area contributed by atoms with Crippen molar-refractivity contribution in [1.29, 1.82) is 0 Å². The third kappa shape index (κ3) is 1.45. The molecule has 104 valence electrons. The molecular weight excluding hydrogens is 262 g/mol. The minimum atomic E-state index is -1.37. The molecule has 1 aromatic carbocycles. The fraction of sp³-hybridized carbons (Fsp3) is 0.357. The molecule has 0 saturated heterocycles. The maximum Gasteiger partial charge on any atom is 0.332 e. The number of carbonyl (C=O) groups is 3. The Kier molecular flexibility index (Phi) is 2.65. The number of imide groups is 1. The Bertz CT molecular complexity index is 583. The van der Waals surface area contributed by atoms with Crippen molar-refractivity contribution in [3.8, 4) is 0 Å². The quantitative estimate of drug-likeness (QED) is 0.622. The van der Waals surface area contributed by atoms with Crippen LogP contribution in [0.25, 0.3) is 0 Å². The molecule has 0 aromatic heterocycles. The zero-order chi connectivity index (χ0) is 14.5. The molecule has 1 heterocycles. The van der Waals surface area contributed by atoms with Crippen molar-refractivity contribution in [2.45, 2.75) is 24.5 Å². The van der Waals surface area contributed by atoms with Gasteiger partial charge in [0.2, 0.25) is 0 Å². The summed E-state index contributed by atoms with van der Waals surface area (Å²) in [6.45, 7) is 0. The van der Waals surface area contributed by atoms with Crippen LogP contribution >= 0.6 is 0 Å². The standard InChI is InChI=1S/C14H13NO5/c1-20-13(19)14(6-8(16)7-14)15-11(17)9-4-2-3-5-10(9)12(15)18/h2-5,8,16H,6-7H2,1H3/t8-,14-. The number of methoxy groups -OCH3 is 1. The van der Waals surface area contributed by atoms with Gasteiger partial charge in [-0.15, -0.1) is 0 Å². The van der Waals surface area contributed by atoms with Gasteiger partial charge in [0.25, 0.3) is 11.8 Å². The number of fused-ring (bicyclic) bond motifs is 1. The number of benzene rings is 1. The molecule has 2 amide bonds. The number of hydrogen-bond donors (Lipinski definition) is 1. The number of esters is 1. The predicted octanol–water partition coefficient (Wildman–Crippen LogP) is 0.349. The van der Waals surface area contributed by atoms with Crippen LogP contribution in [0, 0.1) is 0 Å². The average molecular weight is 275 g/mol. The van der Waals surface area contributed by atoms with Crippen LogP contribution in [-0.4, -0.2) is 46.5 Å². The van der Waals surface area contributed by atoms with Gasteiger partial charge in [-0.3, -0.25) is 14.5 Å². The summed E-state index contributed by atoms with van der Waals surface area (Å²) in [5.74, 6) is -1.69. The summed E-state index contributed by atoms with van der Waals surface area (Å²) >= 11 is 0. The molecule has 0 unspecified atom stereocenters. The van der Waals surface area contributed by atoms with Crippen molar-refractivity contribution in [2.75, 3.05) is 7.11 Å². The maximum absolute atomic E-state index is 12.4. The highest BCUT2D eigenvalue weighted by molar-refractivity contribution is 6.23. The van der Waals surface area contributed by atoms with E-state index in [4.69, 9.17) is 4.74 Å². The van der Waals surface area contributed by atoms with Gasteiger partial charge in [0.1, 0.15) is 0 Å². The van der Waals surface area contributed by atoms with Crippen molar-refractivity contribution in [3.05, 3.63) is 35.4 Å². The van der Waals surface area contributed by atoms with Crippen LogP contribution in [0.2, 0.25) is 0 Å². The molecule has 1 fully saturated rings. The molecule has 1 saturated carbocycles. The van der Waals surface area contributed by atoms with E-state index in [-0.39, 0.29) is 24.0 Å². The molecule has 1 aliphatic carbocycles. The SMILES string of the molecule is COC(=O)[C@]1(N2C(=O)c3ccccc3C2=O)C[C@H](O)C1. The lowest BCUT2D eigenvalue weighted by molar-refractivity contribution is -0.165. The summed E-state index contributed by atoms with van der Waals surface area (Å²) in [5.41, 5.74) is -0.814. The minimum absolute atomic E-state index is 0.0190. The van der Waals surface area contributed by atoms with Gasteiger partial charge in [-0.1, -0.05) is 12.1 Å². The summed E-state index contributed by atoms with van der Waals surface area (Å²) in [4.78, 5) is 37.7. The Morgan fingerprint density at radius 3 is 2.15 bits per heavy atom. The molecule has 0 radical (unpaired) electrons. The second kappa shape index (κ2) is 4.14. The Labute approximate surface area is 114 Å². The summed E-state index contributed by atoms with van der Waals surface area (Å²) < 4.78 is 4.72. The first-order valence-corrected chi connectivity index (χ1v) is 6.25. The largest absolute Gasteiger partial charge is 0.467 e. The Morgan fingerprint density at radius 1 is 1.25 bits per heavy atom. The number of hydrogen-bond acceptors (Lipinski definition) is 5. The first kappa shape index (κ1) is 12.8. The van der Waals surface area contributed by atoms with Crippen molar-refractivity contribution in [2.24, 2.45) is 0 Å². The lowest BCUT2D eigenvalue weighted by atomic mass is 9.72. The highest BCUT2D eigenvalue weighted by Gasteiger charge is 2.61. The monoisotopic (exact) mass is 275 g/mol. The zero-order valence-corrected chi connectivity index (χ0v) is 10.8. The van der Waals surface area contributed by atoms with Gasteiger partial charge in [0.15, 0.2) is 5.54 Å². The number of aliphatic hydroxyl groups excluding tert-OH is 1. The molecule has 6 nitrogen and oxygen atoms in total. The third-order valence-electron chi connectivity index (χ3n) is 3.93. The summed E-state index contributed by atoms with van der Waals surface area (Å²) in [6, 6.07) is 6.42. The summed E-state index contributed by atoms with van der Waals surface area (Å²) in [5, 5.41) is 9.52. The second-order valence-electron chi connectivity index (χ2n) is 5.08. The third-order valence-corrected chi connectivity index (χ3v) is 3.93. The van der Waals surface area contributed by atoms with Gasteiger partial charge in [-0.25, -0.2) is 4.79 Å². The van der Waals surface area contributed by atoms with E-state index in [1.165, 1.54) is 7.11 Å². The molecule has 0 bridgehead atoms. The van der Waals surface area contributed by atoms with E-state index in [2.05, 4.69) is 0 Å². The van der Waals surface area contributed by atoms with Crippen LogP contribution in [-0.2, 0) is 9.53 Å². The normalized spacial score (nSPS) is 28.1. The topological polar surface area (TPSA) is 83.9 Å². The first-order chi connectivity index (χ1) is 9.51. The van der Waals surface area contributed by atoms with Crippen molar-refractivity contribution in [3.63, 3.8) is 0 Å². The van der Waals surface area contributed by atoms with Crippen molar-refractivity contribution >= 4 is 17.8 Å². The molecule has 0 atom stereocenters. The molecule has 6 heteroatoms. The Balaban J connectivity index is 2.05. The van der Waals surface area contributed by atoms with Crippen LogP contribution in [0.5, 0.6) is 0 Å². The van der Waals surface area contributed by atoms with Crippen LogP contribution in [0.1, 0.15) is 33.6 Å². The van der Waals surface area contributed by atoms with E-state index in [0.29, 0.717) is 0 Å². The number of amides is 2. The number of ether oxygens (including phenoxy) is 1. The average Bonchev–Trinajstić information content (AvgIpc) is 2.67. The zero-order valence-electron chi connectivity index (χ0n) is 10.8. The van der Waals surface area contributed by atoms with E-state index in [0.717, 1.165) is 4.90 Å². The van der Waals surface area contributed by atoms with Gasteiger partial charge >= 0.3 is 5.97 Å². The fourth-order valence-corrected chi connectivity index (χ4v) is 2.93. The molecule has 20 heavy (non-hydrogen) atoms. The highest BCUT2D eigenvalue weighted by atomic mass is 16.5. The molecule has 2 aliphatic rings. The van der Waals surface area contributed by atoms with Crippen LogP contribution in [0.15, 0.2) is 24.3 Å². The van der Waals surface area contributed by atoms with Gasteiger partial charge in [0, 0.05) is 12.8 Å². The Hall–Kier alpha value is -2.21. The van der Waals surface area contributed by atoms with E-state index in [1.54, 1.807) is 24.3 Å². The van der Waals surface area contributed by atoms with E-state index in [1.807, 2.05) is 0 Å². The van der Waals surface area contributed by atoms with Crippen LogP contribution in [0.3, 0.4) is 0 Å². The lowest BCUT2D eigenvalue weighted by Crippen LogP contribution is -2.66. The summed E-state index contributed by atoms with van der Waals surface area (Å²) in [6.07, 6.45) is -0.672. The molecule has 1 aromatic rings. The smallest absolute Gasteiger partial charge is 0.332 e. The van der Waals surface area contributed by atoms with Gasteiger partial charge in [-0.05, 0) is 12.1 Å². The van der Waals surface area contributed by atoms with E-state index < -0.39 is 29.4 Å². The fourth-order valence-electron chi connectivity index (χ4n) is 2.93. The van der Waals surface area contributed by atoms with E-state index in [9.17, 15) is 19.5 Å². The number of aliphatic hydroxyl groups is 1. The predicted molar refractivity (Wildman–Crippen MR) is 66.9 cm³/mol. The molecular formula is C14H13NO5. The maximum atomic E-state index is 12.4. The van der Waals surface area contributed by atoms with Crippen molar-refractivity contribution in [1.82, 2.24) is 4.90 Å². The second-order valence-corrected chi connectivity index (χ2v) is 5.08. The summed E-state index contributed by atoms with van der Waals surface area (Å²) in [7, 11) is 1.20. The molecule has 1 N–H and O–H groups in total. The Morgan fingerprint density at radius 2 is 1.75 bits per heavy atom. The van der Waals surface area contributed by atoms with Gasteiger partial charge in [0.05, 0.1) is 24.3 Å². The number of rotatable bonds is 2. The van der Waals surface area contributed by atoms with Crippen LogP contribution < -0.4 is 0 Å². The van der Waals surface area contributed by atoms with Gasteiger partial charge < -0.3 is 9.84 Å². The highest BCUT2D eigenvalue weighted by Crippen LogP contribution is 2.43. The molecule has 0 spiro atoms. The van der Waals surface area contributed by atoms with Crippen LogP contribution in [0.4, 0.5) is 0 Å². The van der Waals surface area contributed by atoms with Gasteiger partial charge in [-0.2, -0.15) is 0 Å². The number of carbonyl (C=O) groups excluding carboxylic acids is 3. The van der Waals surface area contributed by atoms with E-state index >= 15 is 0 Å². The molecule has 1 aliphatic heterocycles. The van der Waals surface area contributed by atoms with Crippen molar-refractivity contribution < 1.29 is 24.2 Å². The first-order valence-electron chi connectivity index (χ1n) is 6.25.